The van der Waals surface area contributed by atoms with Gasteiger partial charge >= 0.3 is 0 Å². The second-order valence-corrected chi connectivity index (χ2v) is 10.6. The zero-order valence-electron chi connectivity index (χ0n) is 19.6. The van der Waals surface area contributed by atoms with Crippen molar-refractivity contribution in [3.05, 3.63) is 29.8 Å². The van der Waals surface area contributed by atoms with Gasteiger partial charge in [-0.15, -0.1) is 0 Å². The van der Waals surface area contributed by atoms with Crippen molar-refractivity contribution in [1.82, 2.24) is 0 Å². The Balaban J connectivity index is 1.93. The maximum Gasteiger partial charge on any atom is 0.196 e. The van der Waals surface area contributed by atoms with E-state index in [2.05, 4.69) is 46.8 Å². The van der Waals surface area contributed by atoms with Gasteiger partial charge in [0, 0.05) is 16.5 Å². The van der Waals surface area contributed by atoms with E-state index in [1.54, 1.807) is 0 Å². The molecule has 1 aromatic carbocycles. The van der Waals surface area contributed by atoms with Gasteiger partial charge in [0.25, 0.3) is 0 Å². The summed E-state index contributed by atoms with van der Waals surface area (Å²) in [6.45, 7) is 13.2. The minimum Gasteiger partial charge on any atom is -0.465 e. The molecule has 0 aromatic heterocycles. The zero-order valence-corrected chi connectivity index (χ0v) is 19.6. The van der Waals surface area contributed by atoms with E-state index in [1.165, 1.54) is 37.7 Å². The Kier molecular flexibility index (Phi) is 8.17. The molecule has 0 spiro atoms. The minimum atomic E-state index is -0.401. The fourth-order valence-corrected chi connectivity index (χ4v) is 4.62. The Bertz CT molecular complexity index is 609. The van der Waals surface area contributed by atoms with Crippen molar-refractivity contribution in [1.29, 1.82) is 0 Å². The number of hydrogen-bond acceptors (Lipinski definition) is 4. The van der Waals surface area contributed by atoms with Gasteiger partial charge in [0.15, 0.2) is 6.29 Å². The SMILES string of the molecule is CC(OCCC1CCCCC1)Oc1ccc(C(C)(CC(C)(C)N)C(C)(C)N)cc1. The monoisotopic (exact) mass is 404 g/mol. The molecule has 4 N–H and O–H groups in total. The first-order valence-corrected chi connectivity index (χ1v) is 11.4. The Morgan fingerprint density at radius 1 is 0.966 bits per heavy atom. The van der Waals surface area contributed by atoms with Crippen molar-refractivity contribution < 1.29 is 9.47 Å². The van der Waals surface area contributed by atoms with Crippen LogP contribution in [-0.2, 0) is 10.2 Å². The number of ether oxygens (including phenoxy) is 2. The molecule has 2 unspecified atom stereocenters. The predicted molar refractivity (Wildman–Crippen MR) is 122 cm³/mol. The van der Waals surface area contributed by atoms with Crippen LogP contribution in [0.2, 0.25) is 0 Å². The van der Waals surface area contributed by atoms with Crippen LogP contribution in [0.3, 0.4) is 0 Å². The fourth-order valence-electron chi connectivity index (χ4n) is 4.62. The molecule has 2 rings (SSSR count). The van der Waals surface area contributed by atoms with Crippen molar-refractivity contribution >= 4 is 0 Å². The van der Waals surface area contributed by atoms with Crippen LogP contribution in [0.25, 0.3) is 0 Å². The van der Waals surface area contributed by atoms with Gasteiger partial charge in [-0.25, -0.2) is 0 Å². The largest absolute Gasteiger partial charge is 0.465 e. The fraction of sp³-hybridized carbons (Fsp3) is 0.760. The van der Waals surface area contributed by atoms with Gasteiger partial charge in [0.2, 0.25) is 0 Å². The van der Waals surface area contributed by atoms with E-state index < -0.39 is 5.54 Å². The van der Waals surface area contributed by atoms with Gasteiger partial charge in [0.05, 0.1) is 6.61 Å². The van der Waals surface area contributed by atoms with Crippen LogP contribution >= 0.6 is 0 Å². The van der Waals surface area contributed by atoms with Crippen molar-refractivity contribution in [2.75, 3.05) is 6.61 Å². The number of rotatable bonds is 10. The van der Waals surface area contributed by atoms with Gasteiger partial charge in [0.1, 0.15) is 5.75 Å². The van der Waals surface area contributed by atoms with Gasteiger partial charge in [-0.1, -0.05) is 51.2 Å². The molecular weight excluding hydrogens is 360 g/mol. The highest BCUT2D eigenvalue weighted by molar-refractivity contribution is 5.35. The maximum atomic E-state index is 6.58. The first kappa shape index (κ1) is 24.2. The van der Waals surface area contributed by atoms with Crippen LogP contribution in [0.1, 0.15) is 92.1 Å². The summed E-state index contributed by atoms with van der Waals surface area (Å²) in [6, 6.07) is 8.27. The summed E-state index contributed by atoms with van der Waals surface area (Å²) < 4.78 is 11.9. The molecule has 1 aliphatic rings. The Morgan fingerprint density at radius 3 is 2.07 bits per heavy atom. The molecule has 0 heterocycles. The molecule has 0 bridgehead atoms. The Labute approximate surface area is 178 Å². The van der Waals surface area contributed by atoms with Crippen LogP contribution in [-0.4, -0.2) is 24.0 Å². The lowest BCUT2D eigenvalue weighted by Gasteiger charge is -2.46. The third kappa shape index (κ3) is 7.27. The first-order valence-electron chi connectivity index (χ1n) is 11.4. The summed E-state index contributed by atoms with van der Waals surface area (Å²) in [5.74, 6) is 1.66. The summed E-state index contributed by atoms with van der Waals surface area (Å²) in [5, 5.41) is 0. The van der Waals surface area contributed by atoms with Gasteiger partial charge in [-0.2, -0.15) is 0 Å². The van der Waals surface area contributed by atoms with Crippen LogP contribution < -0.4 is 16.2 Å². The first-order chi connectivity index (χ1) is 13.4. The quantitative estimate of drug-likeness (QED) is 0.504. The molecule has 166 valence electrons. The second-order valence-electron chi connectivity index (χ2n) is 10.6. The highest BCUT2D eigenvalue weighted by Gasteiger charge is 2.42. The van der Waals surface area contributed by atoms with Crippen molar-refractivity contribution in [2.45, 2.75) is 109 Å². The van der Waals surface area contributed by atoms with E-state index in [-0.39, 0.29) is 17.2 Å². The highest BCUT2D eigenvalue weighted by atomic mass is 16.7. The Hall–Kier alpha value is -1.10. The van der Waals surface area contributed by atoms with E-state index >= 15 is 0 Å². The molecule has 0 aliphatic heterocycles. The summed E-state index contributed by atoms with van der Waals surface area (Å²) in [5.41, 5.74) is 13.2. The predicted octanol–water partition coefficient (Wildman–Crippen LogP) is 5.52. The van der Waals surface area contributed by atoms with E-state index in [0.29, 0.717) is 0 Å². The molecule has 2 atom stereocenters. The lowest BCUT2D eigenvalue weighted by atomic mass is 9.63. The van der Waals surface area contributed by atoms with Gasteiger partial charge in [-0.05, 0) is 71.1 Å². The summed E-state index contributed by atoms with van der Waals surface area (Å²) >= 11 is 0. The zero-order chi connectivity index (χ0) is 21.7. The lowest BCUT2D eigenvalue weighted by Crippen LogP contribution is -2.56. The normalized spacial score (nSPS) is 19.6. The van der Waals surface area contributed by atoms with Crippen LogP contribution in [0.4, 0.5) is 0 Å². The molecule has 0 saturated heterocycles. The highest BCUT2D eigenvalue weighted by Crippen LogP contribution is 2.40. The van der Waals surface area contributed by atoms with Crippen LogP contribution in [0, 0.1) is 5.92 Å². The number of benzene rings is 1. The number of hydrogen-bond donors (Lipinski definition) is 2. The molecule has 4 nitrogen and oxygen atoms in total. The van der Waals surface area contributed by atoms with Crippen LogP contribution in [0.5, 0.6) is 5.75 Å². The Morgan fingerprint density at radius 2 is 1.55 bits per heavy atom. The van der Waals surface area contributed by atoms with Crippen molar-refractivity contribution in [3.8, 4) is 5.75 Å². The molecule has 1 fully saturated rings. The van der Waals surface area contributed by atoms with Crippen molar-refractivity contribution in [3.63, 3.8) is 0 Å². The van der Waals surface area contributed by atoms with Gasteiger partial charge < -0.3 is 20.9 Å². The molecule has 1 aromatic rings. The molecule has 1 aliphatic carbocycles. The summed E-state index contributed by atoms with van der Waals surface area (Å²) in [4.78, 5) is 0. The average Bonchev–Trinajstić information content (AvgIpc) is 2.61. The lowest BCUT2D eigenvalue weighted by molar-refractivity contribution is -0.0711. The topological polar surface area (TPSA) is 70.5 Å². The minimum absolute atomic E-state index is 0.244. The maximum absolute atomic E-state index is 6.58. The molecule has 0 amide bonds. The van der Waals surface area contributed by atoms with E-state index in [4.69, 9.17) is 20.9 Å². The van der Waals surface area contributed by atoms with E-state index in [0.717, 1.165) is 31.1 Å². The molecule has 29 heavy (non-hydrogen) atoms. The molecule has 1 saturated carbocycles. The summed E-state index contributed by atoms with van der Waals surface area (Å²) in [6.07, 6.45) is 8.56. The summed E-state index contributed by atoms with van der Waals surface area (Å²) in [7, 11) is 0. The average molecular weight is 405 g/mol. The molecule has 4 heteroatoms. The molecular formula is C25H44N2O2. The third-order valence-corrected chi connectivity index (χ3v) is 6.63. The third-order valence-electron chi connectivity index (χ3n) is 6.63. The number of nitrogens with two attached hydrogens (primary N) is 2. The molecule has 0 radical (unpaired) electrons. The second kappa shape index (κ2) is 9.80. The van der Waals surface area contributed by atoms with E-state index in [1.807, 2.05) is 19.1 Å². The van der Waals surface area contributed by atoms with E-state index in [9.17, 15) is 0 Å². The smallest absolute Gasteiger partial charge is 0.196 e. The van der Waals surface area contributed by atoms with Crippen LogP contribution in [0.15, 0.2) is 24.3 Å². The van der Waals surface area contributed by atoms with Gasteiger partial charge in [-0.3, -0.25) is 0 Å². The standard InChI is InChI=1S/C25H44N2O2/c1-19(28-17-16-20-10-8-7-9-11-20)29-22-14-12-21(13-15-22)25(6,24(4,5)27)18-23(2,3)26/h12-15,19-20H,7-11,16-18,26-27H2,1-6H3. The van der Waals surface area contributed by atoms with Crippen molar-refractivity contribution in [2.24, 2.45) is 17.4 Å².